The van der Waals surface area contributed by atoms with Crippen LogP contribution in [0.25, 0.3) is 0 Å². The second-order valence-corrected chi connectivity index (χ2v) is 6.66. The molecule has 2 aromatic carbocycles. The van der Waals surface area contributed by atoms with Gasteiger partial charge in [0, 0.05) is 11.1 Å². The van der Waals surface area contributed by atoms with Gasteiger partial charge in [0.15, 0.2) is 5.78 Å². The van der Waals surface area contributed by atoms with Gasteiger partial charge in [-0.2, -0.15) is 0 Å². The highest BCUT2D eigenvalue weighted by atomic mass is 16.2. The molecule has 0 atom stereocenters. The van der Waals surface area contributed by atoms with Gasteiger partial charge in [-0.1, -0.05) is 0 Å². The van der Waals surface area contributed by atoms with E-state index in [9.17, 15) is 14.4 Å². The summed E-state index contributed by atoms with van der Waals surface area (Å²) < 4.78 is 0. The molecule has 0 heterocycles. The molecule has 9 nitrogen and oxygen atoms in total. The van der Waals surface area contributed by atoms with Gasteiger partial charge < -0.3 is 11.5 Å². The number of hydrogen-bond donors (Lipinski definition) is 4. The van der Waals surface area contributed by atoms with Crippen LogP contribution in [0.2, 0.25) is 0 Å². The minimum Gasteiger partial charge on any atom is -0.350 e. The maximum Gasteiger partial charge on any atom is 0.333 e. The molecule has 148 valence electrons. The molecule has 0 saturated carbocycles. The van der Waals surface area contributed by atoms with Crippen molar-refractivity contribution in [1.29, 1.82) is 0 Å². The van der Waals surface area contributed by atoms with E-state index in [2.05, 4.69) is 0 Å². The Morgan fingerprint density at radius 1 is 0.643 bits per heavy atom. The Bertz CT molecular complexity index is 862. The molecule has 0 saturated heterocycles. The van der Waals surface area contributed by atoms with Crippen molar-refractivity contribution in [3.63, 3.8) is 0 Å². The summed E-state index contributed by atoms with van der Waals surface area (Å²) in [5, 5.41) is 1.70. The van der Waals surface area contributed by atoms with E-state index in [4.69, 9.17) is 23.2 Å². The second kappa shape index (κ2) is 7.67. The van der Waals surface area contributed by atoms with E-state index in [1.54, 1.807) is 52.0 Å². The van der Waals surface area contributed by atoms with Crippen LogP contribution < -0.4 is 33.2 Å². The Hall–Kier alpha value is -3.43. The van der Waals surface area contributed by atoms with Gasteiger partial charge in [-0.15, -0.1) is 0 Å². The van der Waals surface area contributed by atoms with Crippen molar-refractivity contribution in [2.75, 3.05) is 10.0 Å². The Labute approximate surface area is 162 Å². The van der Waals surface area contributed by atoms with E-state index in [1.807, 2.05) is 0 Å². The van der Waals surface area contributed by atoms with E-state index in [0.717, 1.165) is 10.0 Å². The van der Waals surface area contributed by atoms with Crippen LogP contribution in [0.3, 0.4) is 0 Å². The Morgan fingerprint density at radius 2 is 0.893 bits per heavy atom. The van der Waals surface area contributed by atoms with Crippen molar-refractivity contribution in [3.8, 4) is 0 Å². The quantitative estimate of drug-likeness (QED) is 0.272. The Morgan fingerprint density at radius 3 is 1.11 bits per heavy atom. The maximum atomic E-state index is 13.0. The predicted molar refractivity (Wildman–Crippen MR) is 108 cm³/mol. The average Bonchev–Trinajstić information content (AvgIpc) is 2.59. The molecule has 0 fully saturated rings. The van der Waals surface area contributed by atoms with Crippen LogP contribution >= 0.6 is 0 Å². The van der Waals surface area contributed by atoms with Crippen molar-refractivity contribution >= 4 is 29.2 Å². The van der Waals surface area contributed by atoms with Crippen molar-refractivity contribution in [2.45, 2.75) is 27.7 Å². The number of anilines is 2. The van der Waals surface area contributed by atoms with Gasteiger partial charge in [-0.25, -0.2) is 31.3 Å². The highest BCUT2D eigenvalue weighted by Crippen LogP contribution is 2.29. The summed E-state index contributed by atoms with van der Waals surface area (Å²) in [6, 6.07) is 4.98. The van der Waals surface area contributed by atoms with Crippen molar-refractivity contribution in [2.24, 2.45) is 23.2 Å². The topological polar surface area (TPSA) is 162 Å². The van der Waals surface area contributed by atoms with E-state index in [0.29, 0.717) is 44.8 Å². The lowest BCUT2D eigenvalue weighted by molar-refractivity contribution is 0.103. The Balaban J connectivity index is 2.50. The number of ketones is 1. The number of nitrogens with zero attached hydrogens (tertiary/aromatic N) is 2. The zero-order valence-electron chi connectivity index (χ0n) is 16.2. The van der Waals surface area contributed by atoms with Crippen molar-refractivity contribution < 1.29 is 14.4 Å². The SMILES string of the molecule is Cc1cc(C(=O)c2cc(C)c(N(N)C(N)=O)c(C)c2)cc(C)c1N(N)C(N)=O. The molecular formula is C19H24N6O3. The second-order valence-electron chi connectivity index (χ2n) is 6.66. The van der Waals surface area contributed by atoms with E-state index >= 15 is 0 Å². The number of urea groups is 2. The number of primary amides is 2. The number of amides is 4. The Kier molecular flexibility index (Phi) is 5.72. The molecule has 0 aromatic heterocycles. The number of hydrazine groups is 2. The molecular weight excluding hydrogens is 360 g/mol. The zero-order valence-corrected chi connectivity index (χ0v) is 16.2. The maximum absolute atomic E-state index is 13.0. The largest absolute Gasteiger partial charge is 0.350 e. The lowest BCUT2D eigenvalue weighted by Gasteiger charge is -2.21. The standard InChI is InChI=1S/C19H24N6O3/c1-9-5-13(6-10(2)15(9)24(22)18(20)27)17(26)14-7-11(3)16(12(4)8-14)25(23)19(21)28/h5-8H,22-23H2,1-4H3,(H2,20,27)(H2,21,28). The number of carbonyl (C=O) groups excluding carboxylic acids is 3. The highest BCUT2D eigenvalue weighted by molar-refractivity contribution is 6.10. The van der Waals surface area contributed by atoms with Crippen molar-refractivity contribution in [1.82, 2.24) is 0 Å². The minimum absolute atomic E-state index is 0.221. The normalized spacial score (nSPS) is 10.5. The van der Waals surface area contributed by atoms with Crippen LogP contribution in [0, 0.1) is 27.7 Å². The molecule has 0 radical (unpaired) electrons. The first-order valence-electron chi connectivity index (χ1n) is 8.41. The fourth-order valence-corrected chi connectivity index (χ4v) is 3.32. The van der Waals surface area contributed by atoms with Crippen LogP contribution in [0.4, 0.5) is 21.0 Å². The molecule has 8 N–H and O–H groups in total. The summed E-state index contributed by atoms with van der Waals surface area (Å²) in [6.07, 6.45) is 0. The molecule has 2 rings (SSSR count). The summed E-state index contributed by atoms with van der Waals surface area (Å²) in [5.41, 5.74) is 14.8. The van der Waals surface area contributed by atoms with Crippen LogP contribution in [-0.2, 0) is 0 Å². The first-order valence-corrected chi connectivity index (χ1v) is 8.41. The first kappa shape index (κ1) is 20.9. The fraction of sp³-hybridized carbons (Fsp3) is 0.211. The van der Waals surface area contributed by atoms with Gasteiger partial charge in [-0.3, -0.25) is 4.79 Å². The highest BCUT2D eigenvalue weighted by Gasteiger charge is 2.20. The van der Waals surface area contributed by atoms with Gasteiger partial charge in [0.25, 0.3) is 0 Å². The van der Waals surface area contributed by atoms with Gasteiger partial charge in [0.05, 0.1) is 11.4 Å². The average molecular weight is 384 g/mol. The monoisotopic (exact) mass is 384 g/mol. The summed E-state index contributed by atoms with van der Waals surface area (Å²) in [7, 11) is 0. The number of hydrogen-bond acceptors (Lipinski definition) is 5. The van der Waals surface area contributed by atoms with Crippen LogP contribution in [0.1, 0.15) is 38.2 Å². The minimum atomic E-state index is -0.798. The van der Waals surface area contributed by atoms with Gasteiger partial charge >= 0.3 is 12.1 Å². The number of nitrogens with two attached hydrogens (primary N) is 4. The van der Waals surface area contributed by atoms with Crippen LogP contribution in [-0.4, -0.2) is 17.8 Å². The van der Waals surface area contributed by atoms with Crippen LogP contribution in [0.15, 0.2) is 24.3 Å². The molecule has 9 heteroatoms. The lowest BCUT2D eigenvalue weighted by atomic mass is 9.95. The number of aryl methyl sites for hydroxylation is 4. The predicted octanol–water partition coefficient (Wildman–Crippen LogP) is 1.67. The summed E-state index contributed by atoms with van der Waals surface area (Å²) >= 11 is 0. The molecule has 0 aliphatic carbocycles. The molecule has 0 aliphatic heterocycles. The summed E-state index contributed by atoms with van der Waals surface area (Å²) in [6.45, 7) is 6.95. The van der Waals surface area contributed by atoms with Crippen molar-refractivity contribution in [3.05, 3.63) is 57.6 Å². The molecule has 28 heavy (non-hydrogen) atoms. The molecule has 0 spiro atoms. The first-order chi connectivity index (χ1) is 13.0. The molecule has 0 bridgehead atoms. The number of benzene rings is 2. The smallest absolute Gasteiger partial charge is 0.333 e. The molecule has 2 aromatic rings. The lowest BCUT2D eigenvalue weighted by Crippen LogP contribution is -2.42. The fourth-order valence-electron chi connectivity index (χ4n) is 3.32. The van der Waals surface area contributed by atoms with E-state index in [-0.39, 0.29) is 5.78 Å². The van der Waals surface area contributed by atoms with Gasteiger partial charge in [-0.05, 0) is 74.2 Å². The third kappa shape index (κ3) is 3.80. The van der Waals surface area contributed by atoms with Gasteiger partial charge in [0.1, 0.15) is 0 Å². The zero-order chi connectivity index (χ0) is 21.3. The van der Waals surface area contributed by atoms with E-state index < -0.39 is 12.1 Å². The molecule has 4 amide bonds. The van der Waals surface area contributed by atoms with Gasteiger partial charge in [0.2, 0.25) is 0 Å². The summed E-state index contributed by atoms with van der Waals surface area (Å²) in [5.74, 6) is 11.2. The third-order valence-corrected chi connectivity index (χ3v) is 4.46. The number of rotatable bonds is 4. The molecule has 0 unspecified atom stereocenters. The third-order valence-electron chi connectivity index (χ3n) is 4.46. The van der Waals surface area contributed by atoms with Crippen LogP contribution in [0.5, 0.6) is 0 Å². The summed E-state index contributed by atoms with van der Waals surface area (Å²) in [4.78, 5) is 35.7. The van der Waals surface area contributed by atoms with E-state index in [1.165, 1.54) is 0 Å². The molecule has 0 aliphatic rings. The number of carbonyl (C=O) groups is 3.